The summed E-state index contributed by atoms with van der Waals surface area (Å²) < 4.78 is 28.6. The number of pyridine rings is 1. The first-order valence-electron chi connectivity index (χ1n) is 7.14. The predicted molar refractivity (Wildman–Crippen MR) is 88.6 cm³/mol. The Balaban J connectivity index is 2.12. The van der Waals surface area contributed by atoms with E-state index in [2.05, 4.69) is 10.3 Å². The van der Waals surface area contributed by atoms with Crippen LogP contribution < -0.4 is 5.32 Å². The summed E-state index contributed by atoms with van der Waals surface area (Å²) in [5.41, 5.74) is 1.94. The highest BCUT2D eigenvalue weighted by Crippen LogP contribution is 2.27. The van der Waals surface area contributed by atoms with Gasteiger partial charge < -0.3 is 5.32 Å². The van der Waals surface area contributed by atoms with E-state index in [1.165, 1.54) is 6.07 Å². The molecule has 4 nitrogen and oxygen atoms in total. The second-order valence-electron chi connectivity index (χ2n) is 5.01. The van der Waals surface area contributed by atoms with E-state index >= 15 is 0 Å². The maximum atomic E-state index is 14.2. The minimum atomic E-state index is -1.49. The van der Waals surface area contributed by atoms with E-state index in [4.69, 9.17) is 0 Å². The molecule has 0 aliphatic heterocycles. The Morgan fingerprint density at radius 1 is 1.26 bits per heavy atom. The van der Waals surface area contributed by atoms with Crippen molar-refractivity contribution in [1.29, 1.82) is 0 Å². The molecule has 1 unspecified atom stereocenters. The van der Waals surface area contributed by atoms with Crippen molar-refractivity contribution in [3.05, 3.63) is 72.4 Å². The Bertz CT molecular complexity index is 833. The lowest BCUT2D eigenvalue weighted by Crippen LogP contribution is -2.07. The number of nitrogens with one attached hydrogen (secondary N) is 1. The Morgan fingerprint density at radius 3 is 2.78 bits per heavy atom. The van der Waals surface area contributed by atoms with E-state index in [1.807, 2.05) is 13.1 Å². The molecule has 0 saturated carbocycles. The Kier molecular flexibility index (Phi) is 4.64. The molecule has 1 aromatic carbocycles. The first kappa shape index (κ1) is 15.6. The predicted octanol–water partition coefficient (Wildman–Crippen LogP) is 2.98. The van der Waals surface area contributed by atoms with Gasteiger partial charge >= 0.3 is 0 Å². The highest BCUT2D eigenvalue weighted by molar-refractivity contribution is 7.83. The van der Waals surface area contributed by atoms with Crippen LogP contribution in [-0.2, 0) is 17.5 Å². The molecule has 3 aromatic rings. The summed E-state index contributed by atoms with van der Waals surface area (Å²) in [7, 11) is 0.341. The molecule has 0 saturated heterocycles. The van der Waals surface area contributed by atoms with E-state index < -0.39 is 11.0 Å². The molecule has 118 valence electrons. The monoisotopic (exact) mass is 329 g/mol. The molecule has 0 aliphatic rings. The number of rotatable bonds is 5. The van der Waals surface area contributed by atoms with Crippen molar-refractivity contribution >= 4 is 11.0 Å². The highest BCUT2D eigenvalue weighted by Gasteiger charge is 2.16. The Morgan fingerprint density at radius 2 is 2.09 bits per heavy atom. The van der Waals surface area contributed by atoms with Crippen molar-refractivity contribution in [2.24, 2.45) is 0 Å². The van der Waals surface area contributed by atoms with Crippen LogP contribution in [0.5, 0.6) is 0 Å². The Hall–Kier alpha value is -2.31. The van der Waals surface area contributed by atoms with Crippen LogP contribution in [0.25, 0.3) is 11.3 Å². The average Bonchev–Trinajstić information content (AvgIpc) is 2.99. The zero-order chi connectivity index (χ0) is 16.2. The normalized spacial score (nSPS) is 12.3. The van der Waals surface area contributed by atoms with Crippen molar-refractivity contribution in [3.8, 4) is 11.3 Å². The van der Waals surface area contributed by atoms with Crippen LogP contribution in [0.1, 0.15) is 5.56 Å². The topological polar surface area (TPSA) is 46.9 Å². The molecular weight excluding hydrogens is 313 g/mol. The third kappa shape index (κ3) is 3.23. The van der Waals surface area contributed by atoms with Crippen molar-refractivity contribution in [1.82, 2.24) is 14.3 Å². The number of halogens is 1. The van der Waals surface area contributed by atoms with Crippen LogP contribution in [0.3, 0.4) is 0 Å². The molecule has 0 amide bonds. The van der Waals surface area contributed by atoms with Crippen LogP contribution in [-0.4, -0.2) is 20.2 Å². The molecule has 23 heavy (non-hydrogen) atoms. The first-order chi connectivity index (χ1) is 11.2. The molecule has 0 aliphatic carbocycles. The van der Waals surface area contributed by atoms with E-state index in [-0.39, 0.29) is 5.82 Å². The van der Waals surface area contributed by atoms with Gasteiger partial charge in [0.2, 0.25) is 0 Å². The third-order valence-electron chi connectivity index (χ3n) is 3.39. The standard InChI is InChI=1S/C17H16FN3OS/c1-19-10-13-9-17(15-6-2-3-7-16(15)18)21(12-13)23(22)14-5-4-8-20-11-14/h2-9,11-12,19H,10H2,1H3. The molecule has 2 heterocycles. The molecule has 6 heteroatoms. The number of aromatic nitrogens is 2. The minimum absolute atomic E-state index is 0.342. The fraction of sp³-hybridized carbons (Fsp3) is 0.118. The highest BCUT2D eigenvalue weighted by atomic mass is 32.2. The summed E-state index contributed by atoms with van der Waals surface area (Å²) in [6, 6.07) is 11.8. The molecule has 3 rings (SSSR count). The fourth-order valence-electron chi connectivity index (χ4n) is 2.36. The quantitative estimate of drug-likeness (QED) is 0.783. The van der Waals surface area contributed by atoms with Gasteiger partial charge in [-0.05, 0) is 42.9 Å². The third-order valence-corrected chi connectivity index (χ3v) is 4.69. The summed E-state index contributed by atoms with van der Waals surface area (Å²) in [6.07, 6.45) is 4.96. The number of hydrogen-bond donors (Lipinski definition) is 1. The van der Waals surface area contributed by atoms with Crippen LogP contribution >= 0.6 is 0 Å². The van der Waals surface area contributed by atoms with Crippen LogP contribution in [0, 0.1) is 5.82 Å². The Labute approximate surface area is 136 Å². The van der Waals surface area contributed by atoms with Crippen LogP contribution in [0.4, 0.5) is 4.39 Å². The summed E-state index contributed by atoms with van der Waals surface area (Å²) >= 11 is 0. The molecule has 0 radical (unpaired) electrons. The number of nitrogens with zero attached hydrogens (tertiary/aromatic N) is 2. The zero-order valence-electron chi connectivity index (χ0n) is 12.6. The average molecular weight is 329 g/mol. The largest absolute Gasteiger partial charge is 0.316 e. The van der Waals surface area contributed by atoms with E-state index in [0.29, 0.717) is 22.7 Å². The summed E-state index contributed by atoms with van der Waals surface area (Å²) in [5.74, 6) is -0.342. The molecule has 0 bridgehead atoms. The minimum Gasteiger partial charge on any atom is -0.316 e. The lowest BCUT2D eigenvalue weighted by molar-refractivity contribution is 0.630. The van der Waals surface area contributed by atoms with E-state index in [9.17, 15) is 8.60 Å². The van der Waals surface area contributed by atoms with Crippen molar-refractivity contribution in [3.63, 3.8) is 0 Å². The summed E-state index contributed by atoms with van der Waals surface area (Å²) in [5, 5.41) is 3.05. The molecule has 1 N–H and O–H groups in total. The van der Waals surface area contributed by atoms with E-state index in [1.54, 1.807) is 52.9 Å². The lowest BCUT2D eigenvalue weighted by Gasteiger charge is -2.09. The maximum absolute atomic E-state index is 14.2. The molecule has 1 atom stereocenters. The van der Waals surface area contributed by atoms with Gasteiger partial charge in [-0.25, -0.2) is 8.60 Å². The van der Waals surface area contributed by atoms with Gasteiger partial charge in [0.1, 0.15) is 5.82 Å². The van der Waals surface area contributed by atoms with Gasteiger partial charge in [0.25, 0.3) is 0 Å². The van der Waals surface area contributed by atoms with Crippen molar-refractivity contribution in [2.45, 2.75) is 11.4 Å². The number of benzene rings is 1. The number of hydrogen-bond acceptors (Lipinski definition) is 3. The van der Waals surface area contributed by atoms with E-state index in [0.717, 1.165) is 5.56 Å². The fourth-order valence-corrected chi connectivity index (χ4v) is 3.50. The molecule has 0 fully saturated rings. The lowest BCUT2D eigenvalue weighted by atomic mass is 10.1. The van der Waals surface area contributed by atoms with Gasteiger partial charge in [0.15, 0.2) is 11.0 Å². The SMILES string of the molecule is CNCc1cc(-c2ccccc2F)n(S(=O)c2cccnc2)c1. The van der Waals surface area contributed by atoms with Crippen molar-refractivity contribution < 1.29 is 8.60 Å². The van der Waals surface area contributed by atoms with Gasteiger partial charge in [0, 0.05) is 30.7 Å². The molecule has 0 spiro atoms. The second-order valence-corrected chi connectivity index (χ2v) is 6.37. The molecule has 2 aromatic heterocycles. The second kappa shape index (κ2) is 6.85. The van der Waals surface area contributed by atoms with Crippen molar-refractivity contribution in [2.75, 3.05) is 7.05 Å². The van der Waals surface area contributed by atoms with Gasteiger partial charge in [-0.15, -0.1) is 0 Å². The summed E-state index contributed by atoms with van der Waals surface area (Å²) in [4.78, 5) is 4.57. The van der Waals surface area contributed by atoms with Gasteiger partial charge in [-0.1, -0.05) is 12.1 Å². The molecular formula is C17H16FN3OS. The van der Waals surface area contributed by atoms with Crippen LogP contribution in [0.15, 0.2) is 66.0 Å². The van der Waals surface area contributed by atoms with Gasteiger partial charge in [-0.3, -0.25) is 8.96 Å². The van der Waals surface area contributed by atoms with Gasteiger partial charge in [-0.2, -0.15) is 0 Å². The zero-order valence-corrected chi connectivity index (χ0v) is 13.4. The smallest absolute Gasteiger partial charge is 0.158 e. The maximum Gasteiger partial charge on any atom is 0.158 e. The van der Waals surface area contributed by atoms with Gasteiger partial charge in [0.05, 0.1) is 10.6 Å². The van der Waals surface area contributed by atoms with Crippen LogP contribution in [0.2, 0.25) is 0 Å². The summed E-state index contributed by atoms with van der Waals surface area (Å²) in [6.45, 7) is 0.610. The first-order valence-corrected chi connectivity index (χ1v) is 8.24.